The maximum atomic E-state index is 12.9. The van der Waals surface area contributed by atoms with Gasteiger partial charge in [0.05, 0.1) is 24.4 Å². The van der Waals surface area contributed by atoms with Crippen molar-refractivity contribution >= 4 is 22.5 Å². The van der Waals surface area contributed by atoms with E-state index in [0.717, 1.165) is 22.3 Å². The van der Waals surface area contributed by atoms with Gasteiger partial charge in [-0.1, -0.05) is 18.2 Å². The predicted molar refractivity (Wildman–Crippen MR) is 94.1 cm³/mol. The molecule has 1 saturated heterocycles. The molecule has 1 amide bonds. The van der Waals surface area contributed by atoms with Gasteiger partial charge in [-0.15, -0.1) is 0 Å². The van der Waals surface area contributed by atoms with Crippen molar-refractivity contribution in [3.05, 3.63) is 53.5 Å². The number of morpholine rings is 1. The highest BCUT2D eigenvalue weighted by molar-refractivity contribution is 6.04. The van der Waals surface area contributed by atoms with Crippen LogP contribution in [0.15, 0.2) is 36.4 Å². The molecule has 1 aliphatic rings. The zero-order valence-electron chi connectivity index (χ0n) is 13.9. The number of carbonyl (C=O) groups excluding carboxylic acids is 1. The number of carbonyl (C=O) groups is 1. The number of H-pyrrole nitrogens is 1. The molecule has 25 heavy (non-hydrogen) atoms. The van der Waals surface area contributed by atoms with Crippen molar-refractivity contribution in [1.82, 2.24) is 20.1 Å². The number of aryl methyl sites for hydroxylation is 1. The lowest BCUT2D eigenvalue weighted by molar-refractivity contribution is -0.0248. The number of nitrogen functional groups attached to an aromatic ring is 1. The summed E-state index contributed by atoms with van der Waals surface area (Å²) in [7, 11) is 0. The fourth-order valence-corrected chi connectivity index (χ4v) is 3.18. The van der Waals surface area contributed by atoms with E-state index in [1.54, 1.807) is 11.0 Å². The number of benzene rings is 1. The normalized spacial score (nSPS) is 17.8. The lowest BCUT2D eigenvalue weighted by atomic mass is 10.1. The van der Waals surface area contributed by atoms with Crippen molar-refractivity contribution in [2.24, 2.45) is 0 Å². The minimum absolute atomic E-state index is 0.105. The highest BCUT2D eigenvalue weighted by Gasteiger charge is 2.29. The SMILES string of the molecule is Cc1cc(N)cc([C@H]2CN(C(=O)c3n[nH]c4ccccc34)CCO2)n1. The van der Waals surface area contributed by atoms with Crippen LogP contribution >= 0.6 is 0 Å². The van der Waals surface area contributed by atoms with Crippen LogP contribution in [0.4, 0.5) is 5.69 Å². The number of nitrogens with one attached hydrogen (secondary N) is 1. The van der Waals surface area contributed by atoms with E-state index in [4.69, 9.17) is 10.5 Å². The minimum atomic E-state index is -0.287. The second-order valence-electron chi connectivity index (χ2n) is 6.20. The Bertz CT molecular complexity index is 916. The summed E-state index contributed by atoms with van der Waals surface area (Å²) >= 11 is 0. The van der Waals surface area contributed by atoms with Crippen molar-refractivity contribution in [2.75, 3.05) is 25.4 Å². The van der Waals surface area contributed by atoms with Crippen LogP contribution in [-0.2, 0) is 4.74 Å². The number of pyridine rings is 1. The third-order valence-electron chi connectivity index (χ3n) is 4.35. The molecule has 0 unspecified atom stereocenters. The molecule has 0 bridgehead atoms. The summed E-state index contributed by atoms with van der Waals surface area (Å²) in [6.07, 6.45) is -0.287. The standard InChI is InChI=1S/C18H19N5O2/c1-11-8-12(19)9-15(20-11)16-10-23(6-7-25-16)18(24)17-13-4-2-3-5-14(13)21-22-17/h2-5,8-9,16H,6-7,10H2,1H3,(H2,19,20)(H,21,22)/t16-/m1/s1. The molecule has 1 aromatic carbocycles. The zero-order valence-corrected chi connectivity index (χ0v) is 13.9. The fourth-order valence-electron chi connectivity index (χ4n) is 3.18. The molecule has 0 radical (unpaired) electrons. The van der Waals surface area contributed by atoms with E-state index in [1.165, 1.54) is 0 Å². The van der Waals surface area contributed by atoms with Crippen LogP contribution in [0.2, 0.25) is 0 Å². The first-order chi connectivity index (χ1) is 12.1. The molecule has 0 saturated carbocycles. The van der Waals surface area contributed by atoms with Crippen LogP contribution in [0.1, 0.15) is 28.0 Å². The number of anilines is 1. The van der Waals surface area contributed by atoms with Gasteiger partial charge in [0.1, 0.15) is 6.10 Å². The Morgan fingerprint density at radius 1 is 1.36 bits per heavy atom. The van der Waals surface area contributed by atoms with Crippen molar-refractivity contribution in [3.63, 3.8) is 0 Å². The molecule has 3 heterocycles. The molecular weight excluding hydrogens is 318 g/mol. The summed E-state index contributed by atoms with van der Waals surface area (Å²) in [6, 6.07) is 11.2. The van der Waals surface area contributed by atoms with Gasteiger partial charge in [0.15, 0.2) is 5.69 Å². The number of ether oxygens (including phenoxy) is 1. The van der Waals surface area contributed by atoms with E-state index in [-0.39, 0.29) is 12.0 Å². The van der Waals surface area contributed by atoms with Crippen LogP contribution in [-0.4, -0.2) is 45.7 Å². The molecule has 7 nitrogen and oxygen atoms in total. The van der Waals surface area contributed by atoms with Crippen LogP contribution in [0, 0.1) is 6.92 Å². The van der Waals surface area contributed by atoms with E-state index in [2.05, 4.69) is 15.2 Å². The Labute approximate surface area is 144 Å². The number of hydrogen-bond donors (Lipinski definition) is 2. The monoisotopic (exact) mass is 337 g/mol. The molecule has 1 fully saturated rings. The summed E-state index contributed by atoms with van der Waals surface area (Å²) in [5, 5.41) is 7.94. The van der Waals surface area contributed by atoms with Gasteiger partial charge in [-0.25, -0.2) is 0 Å². The van der Waals surface area contributed by atoms with Crippen molar-refractivity contribution in [2.45, 2.75) is 13.0 Å². The second-order valence-corrected chi connectivity index (χ2v) is 6.20. The molecule has 3 aromatic rings. The van der Waals surface area contributed by atoms with Gasteiger partial charge >= 0.3 is 0 Å². The molecule has 1 aliphatic heterocycles. The zero-order chi connectivity index (χ0) is 17.4. The maximum Gasteiger partial charge on any atom is 0.275 e. The first-order valence-electron chi connectivity index (χ1n) is 8.20. The number of amides is 1. The van der Waals surface area contributed by atoms with Gasteiger partial charge in [-0.2, -0.15) is 5.10 Å². The minimum Gasteiger partial charge on any atom is -0.399 e. The smallest absolute Gasteiger partial charge is 0.275 e. The Morgan fingerprint density at radius 2 is 2.20 bits per heavy atom. The maximum absolute atomic E-state index is 12.9. The Kier molecular flexibility index (Phi) is 3.85. The lowest BCUT2D eigenvalue weighted by Crippen LogP contribution is -2.42. The second kappa shape index (κ2) is 6.18. The van der Waals surface area contributed by atoms with Crippen LogP contribution in [0.25, 0.3) is 10.9 Å². The number of nitrogens with two attached hydrogens (primary N) is 1. The Balaban J connectivity index is 1.59. The largest absolute Gasteiger partial charge is 0.399 e. The molecular formula is C18H19N5O2. The molecule has 7 heteroatoms. The first-order valence-corrected chi connectivity index (χ1v) is 8.20. The number of para-hydroxylation sites is 1. The van der Waals surface area contributed by atoms with E-state index < -0.39 is 0 Å². The fraction of sp³-hybridized carbons (Fsp3) is 0.278. The summed E-state index contributed by atoms with van der Waals surface area (Å²) in [5.74, 6) is -0.105. The average molecular weight is 337 g/mol. The van der Waals surface area contributed by atoms with Crippen molar-refractivity contribution in [1.29, 1.82) is 0 Å². The lowest BCUT2D eigenvalue weighted by Gasteiger charge is -2.32. The van der Waals surface area contributed by atoms with Crippen LogP contribution < -0.4 is 5.73 Å². The number of nitrogens with zero attached hydrogens (tertiary/aromatic N) is 3. The predicted octanol–water partition coefficient (Wildman–Crippen LogP) is 2.06. The number of rotatable bonds is 2. The summed E-state index contributed by atoms with van der Waals surface area (Å²) in [5.41, 5.74) is 9.43. The first kappa shape index (κ1) is 15.6. The summed E-state index contributed by atoms with van der Waals surface area (Å²) < 4.78 is 5.82. The third-order valence-corrected chi connectivity index (χ3v) is 4.35. The molecule has 2 aromatic heterocycles. The highest BCUT2D eigenvalue weighted by atomic mass is 16.5. The summed E-state index contributed by atoms with van der Waals surface area (Å²) in [4.78, 5) is 19.2. The Hall–Kier alpha value is -2.93. The van der Waals surface area contributed by atoms with Gasteiger partial charge in [-0.05, 0) is 25.1 Å². The van der Waals surface area contributed by atoms with E-state index in [1.807, 2.05) is 37.3 Å². The number of hydrogen-bond acceptors (Lipinski definition) is 5. The molecule has 4 rings (SSSR count). The molecule has 0 spiro atoms. The molecule has 0 aliphatic carbocycles. The van der Waals surface area contributed by atoms with E-state index in [0.29, 0.717) is 31.1 Å². The number of fused-ring (bicyclic) bond motifs is 1. The average Bonchev–Trinajstić information content (AvgIpc) is 3.04. The highest BCUT2D eigenvalue weighted by Crippen LogP contribution is 2.25. The summed E-state index contributed by atoms with van der Waals surface area (Å²) in [6.45, 7) is 3.30. The van der Waals surface area contributed by atoms with Crippen molar-refractivity contribution in [3.8, 4) is 0 Å². The Morgan fingerprint density at radius 3 is 3.04 bits per heavy atom. The molecule has 1 atom stereocenters. The van der Waals surface area contributed by atoms with Gasteiger partial charge < -0.3 is 15.4 Å². The van der Waals surface area contributed by atoms with Gasteiger partial charge in [0, 0.05) is 23.3 Å². The number of aromatic nitrogens is 3. The van der Waals surface area contributed by atoms with Crippen molar-refractivity contribution < 1.29 is 9.53 Å². The number of aromatic amines is 1. The topological polar surface area (TPSA) is 97.1 Å². The third kappa shape index (κ3) is 2.94. The van der Waals surface area contributed by atoms with Gasteiger partial charge in [-0.3, -0.25) is 14.9 Å². The van der Waals surface area contributed by atoms with Gasteiger partial charge in [0.25, 0.3) is 5.91 Å². The van der Waals surface area contributed by atoms with Crippen LogP contribution in [0.5, 0.6) is 0 Å². The van der Waals surface area contributed by atoms with E-state index >= 15 is 0 Å². The van der Waals surface area contributed by atoms with Gasteiger partial charge in [0.2, 0.25) is 0 Å². The molecule has 3 N–H and O–H groups in total. The van der Waals surface area contributed by atoms with Crippen LogP contribution in [0.3, 0.4) is 0 Å². The molecule has 128 valence electrons. The quantitative estimate of drug-likeness (QED) is 0.746. The van der Waals surface area contributed by atoms with E-state index in [9.17, 15) is 4.79 Å².